The second-order valence-electron chi connectivity index (χ2n) is 4.53. The number of esters is 1. The van der Waals surface area contributed by atoms with Crippen molar-refractivity contribution in [3.63, 3.8) is 0 Å². The molecule has 0 saturated carbocycles. The summed E-state index contributed by atoms with van der Waals surface area (Å²) < 4.78 is 5.25. The van der Waals surface area contributed by atoms with Gasteiger partial charge >= 0.3 is 5.97 Å². The molecular formula is C14H24O2. The van der Waals surface area contributed by atoms with Gasteiger partial charge in [0.2, 0.25) is 0 Å². The molecule has 0 aromatic rings. The fourth-order valence-electron chi connectivity index (χ4n) is 1.96. The molecule has 0 spiro atoms. The number of carbonyl (C=O) groups excluding carboxylic acids is 1. The topological polar surface area (TPSA) is 26.3 Å². The lowest BCUT2D eigenvalue weighted by molar-refractivity contribution is -0.139. The van der Waals surface area contributed by atoms with Crippen molar-refractivity contribution in [1.29, 1.82) is 0 Å². The summed E-state index contributed by atoms with van der Waals surface area (Å²) in [6.45, 7) is 2.68. The Morgan fingerprint density at radius 2 is 2.00 bits per heavy atom. The molecule has 0 N–H and O–H groups in total. The van der Waals surface area contributed by atoms with Gasteiger partial charge in [-0.15, -0.1) is 0 Å². The maximum absolute atomic E-state index is 11.8. The summed E-state index contributed by atoms with van der Waals surface area (Å²) in [4.78, 5) is 11.8. The molecule has 1 aliphatic rings. The Morgan fingerprint density at radius 1 is 1.25 bits per heavy atom. The molecule has 0 saturated heterocycles. The second-order valence-corrected chi connectivity index (χ2v) is 4.53. The van der Waals surface area contributed by atoms with Crippen LogP contribution >= 0.6 is 0 Å². The van der Waals surface area contributed by atoms with E-state index in [1.165, 1.54) is 25.7 Å². The van der Waals surface area contributed by atoms with Crippen LogP contribution in [0.4, 0.5) is 0 Å². The maximum atomic E-state index is 11.8. The van der Waals surface area contributed by atoms with Crippen LogP contribution in [-0.2, 0) is 9.53 Å². The molecule has 0 aliphatic heterocycles. The molecule has 0 amide bonds. The summed E-state index contributed by atoms with van der Waals surface area (Å²) in [6, 6.07) is 0. The highest BCUT2D eigenvalue weighted by molar-refractivity contribution is 5.88. The number of allylic oxidation sites excluding steroid dienone is 1. The molecule has 16 heavy (non-hydrogen) atoms. The largest absolute Gasteiger partial charge is 0.462 e. The molecule has 0 radical (unpaired) electrons. The Morgan fingerprint density at radius 3 is 2.81 bits per heavy atom. The molecule has 2 heteroatoms. The molecule has 2 nitrogen and oxygen atoms in total. The van der Waals surface area contributed by atoms with Crippen LogP contribution in [0.1, 0.15) is 64.7 Å². The Kier molecular flexibility index (Phi) is 6.95. The standard InChI is InChI=1S/C14H24O2/c1-2-3-12-16-14(15)13-10-8-6-4-5-7-9-11-13/h10H,2-9,11-12H2,1H3. The van der Waals surface area contributed by atoms with Crippen LogP contribution in [0.15, 0.2) is 11.6 Å². The average Bonchev–Trinajstić information content (AvgIpc) is 2.42. The predicted molar refractivity (Wildman–Crippen MR) is 66.3 cm³/mol. The van der Waals surface area contributed by atoms with Gasteiger partial charge in [-0.1, -0.05) is 38.7 Å². The lowest BCUT2D eigenvalue weighted by Crippen LogP contribution is -2.09. The number of hydrogen-bond acceptors (Lipinski definition) is 2. The third-order valence-corrected chi connectivity index (χ3v) is 3.03. The van der Waals surface area contributed by atoms with Crippen molar-refractivity contribution in [2.45, 2.75) is 64.7 Å². The molecular weight excluding hydrogens is 200 g/mol. The van der Waals surface area contributed by atoms with Crippen LogP contribution in [0.3, 0.4) is 0 Å². The first kappa shape index (κ1) is 13.3. The van der Waals surface area contributed by atoms with Gasteiger partial charge in [0.05, 0.1) is 6.61 Å². The van der Waals surface area contributed by atoms with Crippen molar-refractivity contribution in [1.82, 2.24) is 0 Å². The van der Waals surface area contributed by atoms with Gasteiger partial charge in [-0.2, -0.15) is 0 Å². The van der Waals surface area contributed by atoms with Gasteiger partial charge in [0.15, 0.2) is 0 Å². The van der Waals surface area contributed by atoms with Crippen molar-refractivity contribution >= 4 is 5.97 Å². The number of carbonyl (C=O) groups is 1. The van der Waals surface area contributed by atoms with Crippen molar-refractivity contribution in [3.05, 3.63) is 11.6 Å². The van der Waals surface area contributed by atoms with E-state index in [0.29, 0.717) is 6.61 Å². The average molecular weight is 224 g/mol. The van der Waals surface area contributed by atoms with Gasteiger partial charge in [-0.05, 0) is 32.1 Å². The first-order valence-corrected chi connectivity index (χ1v) is 6.70. The minimum atomic E-state index is -0.0737. The van der Waals surface area contributed by atoms with Crippen LogP contribution in [0, 0.1) is 0 Å². The van der Waals surface area contributed by atoms with E-state index in [1.54, 1.807) is 0 Å². The van der Waals surface area contributed by atoms with Crippen LogP contribution in [0.25, 0.3) is 0 Å². The van der Waals surface area contributed by atoms with Crippen molar-refractivity contribution in [2.24, 2.45) is 0 Å². The SMILES string of the molecule is CCCCOC(=O)C1=CCCCCCCC1. The summed E-state index contributed by atoms with van der Waals surface area (Å²) in [6.07, 6.45) is 12.3. The molecule has 0 heterocycles. The summed E-state index contributed by atoms with van der Waals surface area (Å²) in [5.41, 5.74) is 0.915. The van der Waals surface area contributed by atoms with Gasteiger partial charge < -0.3 is 4.74 Å². The van der Waals surface area contributed by atoms with E-state index >= 15 is 0 Å². The van der Waals surface area contributed by atoms with Gasteiger partial charge in [0, 0.05) is 5.57 Å². The number of ether oxygens (including phenoxy) is 1. The first-order chi connectivity index (χ1) is 7.84. The van der Waals surface area contributed by atoms with E-state index in [4.69, 9.17) is 4.74 Å². The van der Waals surface area contributed by atoms with Crippen LogP contribution < -0.4 is 0 Å². The van der Waals surface area contributed by atoms with E-state index < -0.39 is 0 Å². The van der Waals surface area contributed by atoms with E-state index in [1.807, 2.05) is 0 Å². The summed E-state index contributed by atoms with van der Waals surface area (Å²) in [5.74, 6) is -0.0737. The molecule has 0 aromatic carbocycles. The molecule has 0 atom stereocenters. The minimum Gasteiger partial charge on any atom is -0.462 e. The van der Waals surface area contributed by atoms with Gasteiger partial charge in [-0.3, -0.25) is 0 Å². The van der Waals surface area contributed by atoms with Gasteiger partial charge in [-0.25, -0.2) is 4.79 Å². The predicted octanol–water partition coefficient (Wildman–Crippen LogP) is 4.00. The Balaban J connectivity index is 2.37. The zero-order valence-corrected chi connectivity index (χ0v) is 10.5. The zero-order chi connectivity index (χ0) is 11.6. The number of hydrogen-bond donors (Lipinski definition) is 0. The fraction of sp³-hybridized carbons (Fsp3) is 0.786. The third-order valence-electron chi connectivity index (χ3n) is 3.03. The third kappa shape index (κ3) is 5.34. The van der Waals surface area contributed by atoms with Crippen molar-refractivity contribution in [3.8, 4) is 0 Å². The van der Waals surface area contributed by atoms with E-state index in [0.717, 1.165) is 37.7 Å². The van der Waals surface area contributed by atoms with Crippen LogP contribution in [0.5, 0.6) is 0 Å². The summed E-state index contributed by atoms with van der Waals surface area (Å²) >= 11 is 0. The Hall–Kier alpha value is -0.790. The second kappa shape index (κ2) is 8.37. The van der Waals surface area contributed by atoms with Gasteiger partial charge in [0.1, 0.15) is 0 Å². The van der Waals surface area contributed by atoms with E-state index in [9.17, 15) is 4.79 Å². The highest BCUT2D eigenvalue weighted by Gasteiger charge is 2.11. The molecule has 0 aromatic heterocycles. The Labute approximate surface area is 99.1 Å². The quantitative estimate of drug-likeness (QED) is 0.533. The first-order valence-electron chi connectivity index (χ1n) is 6.70. The van der Waals surface area contributed by atoms with E-state index in [2.05, 4.69) is 13.0 Å². The minimum absolute atomic E-state index is 0.0737. The Bertz CT molecular complexity index is 231. The summed E-state index contributed by atoms with van der Waals surface area (Å²) in [7, 11) is 0. The normalized spacial score (nSPS) is 17.9. The smallest absolute Gasteiger partial charge is 0.333 e. The highest BCUT2D eigenvalue weighted by atomic mass is 16.5. The molecule has 0 bridgehead atoms. The monoisotopic (exact) mass is 224 g/mol. The zero-order valence-electron chi connectivity index (χ0n) is 10.5. The maximum Gasteiger partial charge on any atom is 0.333 e. The van der Waals surface area contributed by atoms with E-state index in [-0.39, 0.29) is 5.97 Å². The summed E-state index contributed by atoms with van der Waals surface area (Å²) in [5, 5.41) is 0. The van der Waals surface area contributed by atoms with Crippen LogP contribution in [0.2, 0.25) is 0 Å². The number of rotatable bonds is 4. The molecule has 0 fully saturated rings. The molecule has 1 aliphatic carbocycles. The lowest BCUT2D eigenvalue weighted by Gasteiger charge is -2.07. The highest BCUT2D eigenvalue weighted by Crippen LogP contribution is 2.17. The molecule has 0 unspecified atom stereocenters. The van der Waals surface area contributed by atoms with Crippen molar-refractivity contribution in [2.75, 3.05) is 6.61 Å². The molecule has 1 rings (SSSR count). The van der Waals surface area contributed by atoms with Gasteiger partial charge in [0.25, 0.3) is 0 Å². The fourth-order valence-corrected chi connectivity index (χ4v) is 1.96. The van der Waals surface area contributed by atoms with Crippen molar-refractivity contribution < 1.29 is 9.53 Å². The molecule has 92 valence electrons. The lowest BCUT2D eigenvalue weighted by atomic mass is 10.1. The number of unbranched alkanes of at least 4 members (excludes halogenated alkanes) is 1. The van der Waals surface area contributed by atoms with Crippen LogP contribution in [-0.4, -0.2) is 12.6 Å².